The Morgan fingerprint density at radius 3 is 2.59 bits per heavy atom. The van der Waals surface area contributed by atoms with Crippen LogP contribution < -0.4 is 24.4 Å². The summed E-state index contributed by atoms with van der Waals surface area (Å²) < 4.78 is 16.3. The number of nitrogens with zero attached hydrogens (tertiary/aromatic N) is 1. The predicted octanol–water partition coefficient (Wildman–Crippen LogP) is 3.73. The third-order valence-corrected chi connectivity index (χ3v) is 4.89. The fraction of sp³-hybridized carbons (Fsp3) is 0.364. The number of hydrogen-bond donors (Lipinski definition) is 1. The van der Waals surface area contributed by atoms with E-state index >= 15 is 0 Å². The summed E-state index contributed by atoms with van der Waals surface area (Å²) in [6.07, 6.45) is 0. The van der Waals surface area contributed by atoms with Gasteiger partial charge in [0, 0.05) is 18.3 Å². The second-order valence-corrected chi connectivity index (χ2v) is 7.42. The first-order chi connectivity index (χ1) is 13.8. The lowest BCUT2D eigenvalue weighted by Crippen LogP contribution is -2.42. The summed E-state index contributed by atoms with van der Waals surface area (Å²) in [5, 5.41) is 2.87. The van der Waals surface area contributed by atoms with Crippen LogP contribution in [0.4, 0.5) is 11.4 Å². The SMILES string of the molecule is CCN1C(=O)C(C)(C)COc2ccc(NC(=O)c3ccc(OC)cc3OC)cc21. The van der Waals surface area contributed by atoms with Crippen LogP contribution in [-0.2, 0) is 4.79 Å². The molecule has 0 fully saturated rings. The summed E-state index contributed by atoms with van der Waals surface area (Å²) in [6, 6.07) is 10.3. The van der Waals surface area contributed by atoms with Gasteiger partial charge in [0.15, 0.2) is 0 Å². The minimum absolute atomic E-state index is 0.0148. The molecule has 0 radical (unpaired) electrons. The van der Waals surface area contributed by atoms with Gasteiger partial charge in [-0.25, -0.2) is 0 Å². The van der Waals surface area contributed by atoms with Crippen molar-refractivity contribution in [1.82, 2.24) is 0 Å². The highest BCUT2D eigenvalue weighted by atomic mass is 16.5. The van der Waals surface area contributed by atoms with Crippen molar-refractivity contribution >= 4 is 23.2 Å². The average molecular weight is 398 g/mol. The van der Waals surface area contributed by atoms with Gasteiger partial charge in [-0.15, -0.1) is 0 Å². The lowest BCUT2D eigenvalue weighted by molar-refractivity contribution is -0.127. The smallest absolute Gasteiger partial charge is 0.259 e. The molecule has 1 aliphatic heterocycles. The van der Waals surface area contributed by atoms with Crippen LogP contribution in [0.5, 0.6) is 17.2 Å². The summed E-state index contributed by atoms with van der Waals surface area (Å²) in [5.74, 6) is 1.28. The van der Waals surface area contributed by atoms with Crippen molar-refractivity contribution in [2.75, 3.05) is 37.6 Å². The molecular weight excluding hydrogens is 372 g/mol. The third-order valence-electron chi connectivity index (χ3n) is 4.89. The van der Waals surface area contributed by atoms with Gasteiger partial charge in [-0.1, -0.05) is 0 Å². The molecule has 0 saturated heterocycles. The second-order valence-electron chi connectivity index (χ2n) is 7.42. The number of hydrogen-bond acceptors (Lipinski definition) is 5. The zero-order valence-corrected chi connectivity index (χ0v) is 17.4. The fourth-order valence-electron chi connectivity index (χ4n) is 3.22. The Labute approximate surface area is 170 Å². The van der Waals surface area contributed by atoms with Gasteiger partial charge in [-0.3, -0.25) is 9.59 Å². The van der Waals surface area contributed by atoms with Crippen LogP contribution in [-0.4, -0.2) is 39.2 Å². The van der Waals surface area contributed by atoms with Crippen LogP contribution in [0.2, 0.25) is 0 Å². The molecule has 7 nitrogen and oxygen atoms in total. The van der Waals surface area contributed by atoms with Crippen molar-refractivity contribution in [3.05, 3.63) is 42.0 Å². The molecule has 0 atom stereocenters. The maximum Gasteiger partial charge on any atom is 0.259 e. The van der Waals surface area contributed by atoms with Crippen molar-refractivity contribution in [1.29, 1.82) is 0 Å². The van der Waals surface area contributed by atoms with Crippen molar-refractivity contribution in [3.63, 3.8) is 0 Å². The summed E-state index contributed by atoms with van der Waals surface area (Å²) in [5.41, 5.74) is 0.947. The number of amides is 2. The van der Waals surface area contributed by atoms with E-state index in [0.717, 1.165) is 0 Å². The molecule has 0 saturated carbocycles. The highest BCUT2D eigenvalue weighted by Crippen LogP contribution is 2.38. The number of nitrogens with one attached hydrogen (secondary N) is 1. The second kappa shape index (κ2) is 8.03. The molecule has 3 rings (SSSR count). The number of benzene rings is 2. The molecule has 1 aliphatic rings. The maximum atomic E-state index is 12.9. The molecule has 2 aromatic rings. The van der Waals surface area contributed by atoms with Crippen molar-refractivity contribution in [3.8, 4) is 17.2 Å². The van der Waals surface area contributed by atoms with Crippen molar-refractivity contribution in [2.24, 2.45) is 5.41 Å². The number of carbonyl (C=O) groups is 2. The first-order valence-electron chi connectivity index (χ1n) is 9.43. The number of ether oxygens (including phenoxy) is 3. The van der Waals surface area contributed by atoms with Gasteiger partial charge in [0.2, 0.25) is 5.91 Å². The molecule has 0 aromatic heterocycles. The van der Waals surface area contributed by atoms with Crippen LogP contribution >= 0.6 is 0 Å². The van der Waals surface area contributed by atoms with Crippen LogP contribution in [0.25, 0.3) is 0 Å². The molecule has 29 heavy (non-hydrogen) atoms. The Hall–Kier alpha value is -3.22. The minimum atomic E-state index is -0.630. The van der Waals surface area contributed by atoms with E-state index in [-0.39, 0.29) is 11.8 Å². The maximum absolute atomic E-state index is 12.9. The van der Waals surface area contributed by atoms with E-state index in [0.29, 0.717) is 47.3 Å². The third kappa shape index (κ3) is 3.99. The van der Waals surface area contributed by atoms with Gasteiger partial charge in [0.05, 0.1) is 30.9 Å². The summed E-state index contributed by atoms with van der Waals surface area (Å²) >= 11 is 0. The first-order valence-corrected chi connectivity index (χ1v) is 9.43. The molecule has 0 bridgehead atoms. The van der Waals surface area contributed by atoms with Crippen LogP contribution in [0, 0.1) is 5.41 Å². The first kappa shape index (κ1) is 20.5. The van der Waals surface area contributed by atoms with E-state index in [1.807, 2.05) is 20.8 Å². The highest BCUT2D eigenvalue weighted by Gasteiger charge is 2.37. The zero-order valence-electron chi connectivity index (χ0n) is 17.4. The Morgan fingerprint density at radius 1 is 1.17 bits per heavy atom. The molecule has 1 heterocycles. The predicted molar refractivity (Wildman–Crippen MR) is 111 cm³/mol. The number of carbonyl (C=O) groups excluding carboxylic acids is 2. The van der Waals surface area contributed by atoms with Gasteiger partial charge in [-0.2, -0.15) is 0 Å². The molecule has 154 valence electrons. The minimum Gasteiger partial charge on any atom is -0.497 e. The van der Waals surface area contributed by atoms with E-state index in [1.54, 1.807) is 48.4 Å². The van der Waals surface area contributed by atoms with Gasteiger partial charge < -0.3 is 24.4 Å². The number of anilines is 2. The molecule has 0 spiro atoms. The van der Waals surface area contributed by atoms with E-state index in [9.17, 15) is 9.59 Å². The van der Waals surface area contributed by atoms with Gasteiger partial charge in [0.25, 0.3) is 5.91 Å². The van der Waals surface area contributed by atoms with Crippen molar-refractivity contribution < 1.29 is 23.8 Å². The van der Waals surface area contributed by atoms with E-state index < -0.39 is 5.41 Å². The Bertz CT molecular complexity index is 939. The monoisotopic (exact) mass is 398 g/mol. The molecule has 7 heteroatoms. The number of fused-ring (bicyclic) bond motifs is 1. The standard InChI is InChI=1S/C22H26N2O5/c1-6-24-17-11-14(7-10-18(17)29-13-22(2,3)21(24)26)23-20(25)16-9-8-15(27-4)12-19(16)28-5/h7-12H,6,13H2,1-5H3,(H,23,25). The molecule has 2 aromatic carbocycles. The molecule has 1 N–H and O–H groups in total. The summed E-state index contributed by atoms with van der Waals surface area (Å²) in [6.45, 7) is 6.44. The zero-order chi connectivity index (χ0) is 21.2. The average Bonchev–Trinajstić information content (AvgIpc) is 2.81. The molecule has 2 amide bonds. The summed E-state index contributed by atoms with van der Waals surface area (Å²) in [7, 11) is 3.05. The summed E-state index contributed by atoms with van der Waals surface area (Å²) in [4.78, 5) is 27.4. The lowest BCUT2D eigenvalue weighted by atomic mass is 9.93. The topological polar surface area (TPSA) is 77.1 Å². The van der Waals surface area contributed by atoms with Gasteiger partial charge in [0.1, 0.15) is 23.9 Å². The van der Waals surface area contributed by atoms with E-state index in [4.69, 9.17) is 14.2 Å². The van der Waals surface area contributed by atoms with Gasteiger partial charge in [-0.05, 0) is 51.1 Å². The van der Waals surface area contributed by atoms with Crippen LogP contribution in [0.3, 0.4) is 0 Å². The van der Waals surface area contributed by atoms with Crippen LogP contribution in [0.15, 0.2) is 36.4 Å². The van der Waals surface area contributed by atoms with E-state index in [2.05, 4.69) is 5.32 Å². The Morgan fingerprint density at radius 2 is 1.93 bits per heavy atom. The number of methoxy groups -OCH3 is 2. The largest absolute Gasteiger partial charge is 0.497 e. The lowest BCUT2D eigenvalue weighted by Gasteiger charge is -2.27. The Balaban J connectivity index is 1.91. The molecule has 0 unspecified atom stereocenters. The van der Waals surface area contributed by atoms with Crippen LogP contribution in [0.1, 0.15) is 31.1 Å². The number of rotatable bonds is 5. The van der Waals surface area contributed by atoms with E-state index in [1.165, 1.54) is 7.11 Å². The molecular formula is C22H26N2O5. The van der Waals surface area contributed by atoms with Crippen molar-refractivity contribution in [2.45, 2.75) is 20.8 Å². The normalized spacial score (nSPS) is 15.1. The highest BCUT2D eigenvalue weighted by molar-refractivity contribution is 6.07. The quantitative estimate of drug-likeness (QED) is 0.831. The molecule has 0 aliphatic carbocycles. The van der Waals surface area contributed by atoms with Gasteiger partial charge >= 0.3 is 0 Å². The fourth-order valence-corrected chi connectivity index (χ4v) is 3.22. The Kier molecular flexibility index (Phi) is 5.68.